The maximum atomic E-state index is 11.1. The van der Waals surface area contributed by atoms with Gasteiger partial charge in [0.2, 0.25) is 5.91 Å². The predicted molar refractivity (Wildman–Crippen MR) is 54.1 cm³/mol. The minimum Gasteiger partial charge on any atom is -0.344 e. The third kappa shape index (κ3) is 6.46. The van der Waals surface area contributed by atoms with Gasteiger partial charge >= 0.3 is 0 Å². The van der Waals surface area contributed by atoms with Crippen molar-refractivity contribution in [2.45, 2.75) is 12.5 Å². The molecule has 0 heterocycles. The Morgan fingerprint density at radius 2 is 2.21 bits per heavy atom. The number of terminal acetylenes is 1. The molecule has 6 heteroatoms. The lowest BCUT2D eigenvalue weighted by Crippen LogP contribution is -2.41. The average molecular weight is 218 g/mol. The zero-order valence-electron chi connectivity index (χ0n) is 7.99. The minimum atomic E-state index is -3.07. The number of nitrogens with one attached hydrogen (secondary N) is 1. The Morgan fingerprint density at radius 1 is 1.64 bits per heavy atom. The number of hydrogen-bond donors (Lipinski definition) is 2. The molecule has 0 aromatic rings. The van der Waals surface area contributed by atoms with Gasteiger partial charge in [-0.1, -0.05) is 5.92 Å². The van der Waals surface area contributed by atoms with Gasteiger partial charge < -0.3 is 11.1 Å². The summed E-state index contributed by atoms with van der Waals surface area (Å²) in [6.07, 6.45) is 6.12. The molecule has 0 aromatic heterocycles. The molecule has 0 saturated heterocycles. The lowest BCUT2D eigenvalue weighted by atomic mass is 10.2. The Kier molecular flexibility index (Phi) is 5.20. The summed E-state index contributed by atoms with van der Waals surface area (Å²) in [7, 11) is -3.07. The number of rotatable bonds is 5. The highest BCUT2D eigenvalue weighted by Crippen LogP contribution is 1.93. The molecule has 0 aliphatic heterocycles. The summed E-state index contributed by atoms with van der Waals surface area (Å²) in [5, 5.41) is 2.37. The van der Waals surface area contributed by atoms with Crippen molar-refractivity contribution in [3.63, 3.8) is 0 Å². The first-order valence-electron chi connectivity index (χ1n) is 4.01. The SMILES string of the molecule is C#CCNC(=O)C(N)CCS(C)(=O)=O. The summed E-state index contributed by atoms with van der Waals surface area (Å²) in [5.74, 6) is 1.70. The van der Waals surface area contributed by atoms with E-state index < -0.39 is 21.8 Å². The van der Waals surface area contributed by atoms with Crippen LogP contribution in [0.5, 0.6) is 0 Å². The summed E-state index contributed by atoms with van der Waals surface area (Å²) in [6.45, 7) is 0.103. The van der Waals surface area contributed by atoms with Crippen molar-refractivity contribution in [1.29, 1.82) is 0 Å². The topological polar surface area (TPSA) is 89.3 Å². The van der Waals surface area contributed by atoms with E-state index in [1.165, 1.54) is 0 Å². The number of carbonyl (C=O) groups excluding carboxylic acids is 1. The fraction of sp³-hybridized carbons (Fsp3) is 0.625. The third-order valence-electron chi connectivity index (χ3n) is 1.50. The van der Waals surface area contributed by atoms with Crippen LogP contribution in [0, 0.1) is 12.3 Å². The van der Waals surface area contributed by atoms with E-state index in [1.807, 2.05) is 0 Å². The summed E-state index contributed by atoms with van der Waals surface area (Å²) < 4.78 is 21.5. The summed E-state index contributed by atoms with van der Waals surface area (Å²) in [6, 6.07) is -0.821. The van der Waals surface area contributed by atoms with E-state index in [0.717, 1.165) is 6.26 Å². The lowest BCUT2D eigenvalue weighted by Gasteiger charge is -2.09. The molecule has 0 bridgehead atoms. The minimum absolute atomic E-state index is 0.0996. The number of nitrogens with two attached hydrogens (primary N) is 1. The molecule has 0 spiro atoms. The highest BCUT2D eigenvalue weighted by molar-refractivity contribution is 7.90. The molecule has 1 atom stereocenters. The number of carbonyl (C=O) groups is 1. The summed E-state index contributed by atoms with van der Waals surface area (Å²) >= 11 is 0. The van der Waals surface area contributed by atoms with Gasteiger partial charge in [-0.05, 0) is 6.42 Å². The van der Waals surface area contributed by atoms with Crippen molar-refractivity contribution < 1.29 is 13.2 Å². The van der Waals surface area contributed by atoms with Crippen LogP contribution in [0.15, 0.2) is 0 Å². The monoisotopic (exact) mass is 218 g/mol. The summed E-state index contributed by atoms with van der Waals surface area (Å²) in [4.78, 5) is 11.1. The average Bonchev–Trinajstić information content (AvgIpc) is 2.09. The fourth-order valence-corrected chi connectivity index (χ4v) is 1.42. The molecule has 3 N–H and O–H groups in total. The first-order valence-corrected chi connectivity index (χ1v) is 6.07. The van der Waals surface area contributed by atoms with Crippen LogP contribution in [0.25, 0.3) is 0 Å². The third-order valence-corrected chi connectivity index (χ3v) is 2.48. The molecular weight excluding hydrogens is 204 g/mol. The van der Waals surface area contributed by atoms with Crippen molar-refractivity contribution >= 4 is 15.7 Å². The predicted octanol–water partition coefficient (Wildman–Crippen LogP) is -1.50. The van der Waals surface area contributed by atoms with Crippen molar-refractivity contribution in [3.8, 4) is 12.3 Å². The first kappa shape index (κ1) is 12.9. The number of hydrogen-bond acceptors (Lipinski definition) is 4. The van der Waals surface area contributed by atoms with Gasteiger partial charge in [-0.15, -0.1) is 6.42 Å². The quantitative estimate of drug-likeness (QED) is 0.549. The molecule has 0 aromatic carbocycles. The largest absolute Gasteiger partial charge is 0.344 e. The summed E-state index contributed by atoms with van der Waals surface area (Å²) in [5.41, 5.74) is 5.42. The van der Waals surface area contributed by atoms with Crippen LogP contribution in [0.2, 0.25) is 0 Å². The Balaban J connectivity index is 3.92. The molecule has 0 radical (unpaired) electrons. The molecule has 1 amide bonds. The second-order valence-corrected chi connectivity index (χ2v) is 5.21. The molecular formula is C8H14N2O3S. The van der Waals surface area contributed by atoms with Gasteiger partial charge in [0.25, 0.3) is 0 Å². The molecule has 14 heavy (non-hydrogen) atoms. The Morgan fingerprint density at radius 3 is 2.64 bits per heavy atom. The van der Waals surface area contributed by atoms with E-state index >= 15 is 0 Å². The van der Waals surface area contributed by atoms with E-state index in [-0.39, 0.29) is 18.7 Å². The Labute approximate surface area is 84.0 Å². The highest BCUT2D eigenvalue weighted by Gasteiger charge is 2.14. The van der Waals surface area contributed by atoms with Gasteiger partial charge in [0.05, 0.1) is 18.3 Å². The molecule has 1 unspecified atom stereocenters. The number of sulfone groups is 1. The Bertz CT molecular complexity index is 329. The number of amides is 1. The van der Waals surface area contributed by atoms with Crippen molar-refractivity contribution in [3.05, 3.63) is 0 Å². The van der Waals surface area contributed by atoms with Crippen LogP contribution in [-0.4, -0.2) is 38.9 Å². The zero-order valence-corrected chi connectivity index (χ0v) is 8.80. The second kappa shape index (κ2) is 5.62. The van der Waals surface area contributed by atoms with Crippen LogP contribution < -0.4 is 11.1 Å². The van der Waals surface area contributed by atoms with E-state index in [0.29, 0.717) is 0 Å². The van der Waals surface area contributed by atoms with Crippen molar-refractivity contribution in [2.24, 2.45) is 5.73 Å². The van der Waals surface area contributed by atoms with Gasteiger partial charge in [-0.2, -0.15) is 0 Å². The van der Waals surface area contributed by atoms with Crippen molar-refractivity contribution in [2.75, 3.05) is 18.6 Å². The van der Waals surface area contributed by atoms with Crippen LogP contribution in [0.1, 0.15) is 6.42 Å². The molecule has 0 aliphatic rings. The van der Waals surface area contributed by atoms with E-state index in [1.54, 1.807) is 0 Å². The molecule has 0 saturated carbocycles. The zero-order chi connectivity index (χ0) is 11.2. The second-order valence-electron chi connectivity index (χ2n) is 2.95. The molecule has 5 nitrogen and oxygen atoms in total. The van der Waals surface area contributed by atoms with Gasteiger partial charge in [-0.3, -0.25) is 4.79 Å². The molecule has 0 aliphatic carbocycles. The van der Waals surface area contributed by atoms with E-state index in [2.05, 4.69) is 11.2 Å². The van der Waals surface area contributed by atoms with Gasteiger partial charge in [-0.25, -0.2) is 8.42 Å². The van der Waals surface area contributed by atoms with Crippen LogP contribution in [0.3, 0.4) is 0 Å². The standard InChI is InChI=1S/C8H14N2O3S/c1-3-5-10-8(11)7(9)4-6-14(2,12)13/h1,7H,4-6,9H2,2H3,(H,10,11). The van der Waals surface area contributed by atoms with Gasteiger partial charge in [0.1, 0.15) is 9.84 Å². The van der Waals surface area contributed by atoms with E-state index in [9.17, 15) is 13.2 Å². The highest BCUT2D eigenvalue weighted by atomic mass is 32.2. The molecule has 0 fully saturated rings. The van der Waals surface area contributed by atoms with E-state index in [4.69, 9.17) is 12.2 Å². The smallest absolute Gasteiger partial charge is 0.237 e. The normalized spacial score (nSPS) is 12.9. The lowest BCUT2D eigenvalue weighted by molar-refractivity contribution is -0.122. The molecule has 80 valence electrons. The maximum absolute atomic E-state index is 11.1. The molecule has 0 rings (SSSR count). The van der Waals surface area contributed by atoms with Crippen LogP contribution in [0.4, 0.5) is 0 Å². The van der Waals surface area contributed by atoms with Crippen LogP contribution in [-0.2, 0) is 14.6 Å². The Hall–Kier alpha value is -1.06. The van der Waals surface area contributed by atoms with Gasteiger partial charge in [0.15, 0.2) is 0 Å². The van der Waals surface area contributed by atoms with Gasteiger partial charge in [0, 0.05) is 6.26 Å². The fourth-order valence-electron chi connectivity index (χ4n) is 0.741. The van der Waals surface area contributed by atoms with Crippen molar-refractivity contribution in [1.82, 2.24) is 5.32 Å². The first-order chi connectivity index (χ1) is 6.37. The maximum Gasteiger partial charge on any atom is 0.237 e. The van der Waals surface area contributed by atoms with Crippen LogP contribution >= 0.6 is 0 Å².